The summed E-state index contributed by atoms with van der Waals surface area (Å²) in [6.07, 6.45) is 5.79. The molecule has 0 spiro atoms. The van der Waals surface area contributed by atoms with Crippen LogP contribution in [-0.4, -0.2) is 10.9 Å². The number of pyridine rings is 1. The molecular weight excluding hydrogens is 292 g/mol. The third kappa shape index (κ3) is 1.54. The van der Waals surface area contributed by atoms with E-state index in [9.17, 15) is 4.79 Å². The van der Waals surface area contributed by atoms with Crippen LogP contribution in [-0.2, 0) is 4.79 Å². The van der Waals surface area contributed by atoms with Crippen LogP contribution in [0.2, 0.25) is 0 Å². The number of amides is 1. The number of hydrogen-bond acceptors (Lipinski definition) is 2. The molecule has 4 heteroatoms. The van der Waals surface area contributed by atoms with Crippen molar-refractivity contribution < 1.29 is 4.79 Å². The molecule has 1 amide bonds. The van der Waals surface area contributed by atoms with Gasteiger partial charge < -0.3 is 5.32 Å². The van der Waals surface area contributed by atoms with Gasteiger partial charge in [-0.15, -0.1) is 0 Å². The highest BCUT2D eigenvalue weighted by Crippen LogP contribution is 2.69. The van der Waals surface area contributed by atoms with E-state index in [1.165, 1.54) is 19.3 Å². The van der Waals surface area contributed by atoms with Crippen LogP contribution in [0, 0.1) is 29.6 Å². The molecule has 2 bridgehead atoms. The van der Waals surface area contributed by atoms with Crippen LogP contribution < -0.4 is 5.32 Å². The Labute approximate surface area is 114 Å². The predicted octanol–water partition coefficient (Wildman–Crippen LogP) is 3.07. The van der Waals surface area contributed by atoms with Gasteiger partial charge in [0.1, 0.15) is 5.82 Å². The zero-order valence-corrected chi connectivity index (χ0v) is 11.6. The second-order valence-corrected chi connectivity index (χ2v) is 6.78. The summed E-state index contributed by atoms with van der Waals surface area (Å²) in [4.78, 5) is 16.4. The van der Waals surface area contributed by atoms with Gasteiger partial charge in [-0.25, -0.2) is 4.98 Å². The van der Waals surface area contributed by atoms with E-state index in [-0.39, 0.29) is 11.8 Å². The number of halogens is 1. The van der Waals surface area contributed by atoms with Gasteiger partial charge in [-0.2, -0.15) is 0 Å². The molecule has 94 valence electrons. The fourth-order valence-corrected chi connectivity index (χ4v) is 4.69. The molecule has 4 unspecified atom stereocenters. The molecule has 4 rings (SSSR count). The molecule has 3 nitrogen and oxygen atoms in total. The first kappa shape index (κ1) is 11.0. The van der Waals surface area contributed by atoms with Gasteiger partial charge in [0.25, 0.3) is 0 Å². The van der Waals surface area contributed by atoms with Crippen LogP contribution in [0.15, 0.2) is 22.8 Å². The second kappa shape index (κ2) is 3.80. The lowest BCUT2D eigenvalue weighted by Crippen LogP contribution is -2.19. The molecule has 1 aromatic heterocycles. The molecule has 1 aromatic rings. The van der Waals surface area contributed by atoms with E-state index in [4.69, 9.17) is 0 Å². The van der Waals surface area contributed by atoms with E-state index in [0.29, 0.717) is 17.7 Å². The summed E-state index contributed by atoms with van der Waals surface area (Å²) in [5.74, 6) is 4.18. The summed E-state index contributed by atoms with van der Waals surface area (Å²) in [7, 11) is 0. The maximum absolute atomic E-state index is 12.3. The Morgan fingerprint density at radius 3 is 2.72 bits per heavy atom. The van der Waals surface area contributed by atoms with Gasteiger partial charge >= 0.3 is 0 Å². The molecule has 18 heavy (non-hydrogen) atoms. The van der Waals surface area contributed by atoms with Crippen molar-refractivity contribution in [3.63, 3.8) is 0 Å². The van der Waals surface area contributed by atoms with Crippen molar-refractivity contribution in [3.8, 4) is 0 Å². The first-order valence-corrected chi connectivity index (χ1v) is 7.46. The van der Waals surface area contributed by atoms with Crippen molar-refractivity contribution in [1.82, 2.24) is 4.98 Å². The maximum atomic E-state index is 12.3. The van der Waals surface area contributed by atoms with Crippen LogP contribution in [0.1, 0.15) is 19.3 Å². The number of hydrogen-bond donors (Lipinski definition) is 1. The van der Waals surface area contributed by atoms with E-state index < -0.39 is 0 Å². The summed E-state index contributed by atoms with van der Waals surface area (Å²) in [5, 5.41) is 2.96. The molecule has 0 radical (unpaired) electrons. The minimum Gasteiger partial charge on any atom is -0.310 e. The number of aromatic nitrogens is 1. The Morgan fingerprint density at radius 2 is 2.06 bits per heavy atom. The van der Waals surface area contributed by atoms with Crippen molar-refractivity contribution in [1.29, 1.82) is 0 Å². The van der Waals surface area contributed by atoms with Crippen LogP contribution >= 0.6 is 15.9 Å². The molecule has 3 saturated carbocycles. The van der Waals surface area contributed by atoms with Gasteiger partial charge in [0.15, 0.2) is 0 Å². The van der Waals surface area contributed by atoms with Crippen LogP contribution in [0.3, 0.4) is 0 Å². The average Bonchev–Trinajstić information content (AvgIpc) is 2.79. The number of rotatable bonds is 2. The first-order valence-electron chi connectivity index (χ1n) is 6.66. The van der Waals surface area contributed by atoms with E-state index in [2.05, 4.69) is 26.2 Å². The molecule has 0 aromatic carbocycles. The minimum absolute atomic E-state index is 0.187. The smallest absolute Gasteiger partial charge is 0.229 e. The molecule has 1 heterocycles. The number of carbonyl (C=O) groups excluding carboxylic acids is 1. The van der Waals surface area contributed by atoms with E-state index in [1.54, 1.807) is 6.20 Å². The Balaban J connectivity index is 1.47. The molecule has 0 saturated heterocycles. The van der Waals surface area contributed by atoms with Gasteiger partial charge in [0.2, 0.25) is 5.91 Å². The van der Waals surface area contributed by atoms with Crippen LogP contribution in [0.4, 0.5) is 5.82 Å². The molecule has 0 aliphatic heterocycles. The summed E-state index contributed by atoms with van der Waals surface area (Å²) >= 11 is 3.39. The standard InChI is InChI=1S/C14H15BrN2O/c15-9-3-4-16-10(6-9)17-14(18)13-11-7-1-2-8(5-7)12(11)13/h3-4,6-8,11-13H,1-2,5H2,(H,16,17,18). The molecule has 3 aliphatic carbocycles. The quantitative estimate of drug-likeness (QED) is 0.912. The Kier molecular flexibility index (Phi) is 2.31. The molecule has 3 fully saturated rings. The highest BCUT2D eigenvalue weighted by molar-refractivity contribution is 9.10. The highest BCUT2D eigenvalue weighted by Gasteiger charge is 2.67. The third-order valence-electron chi connectivity index (χ3n) is 5.01. The Bertz CT molecular complexity index is 502. The number of fused-ring (bicyclic) bond motifs is 5. The molecule has 1 N–H and O–H groups in total. The summed E-state index contributed by atoms with van der Waals surface area (Å²) in [6, 6.07) is 3.71. The van der Waals surface area contributed by atoms with Gasteiger partial charge in [0.05, 0.1) is 0 Å². The average molecular weight is 307 g/mol. The van der Waals surface area contributed by atoms with Crippen molar-refractivity contribution in [2.75, 3.05) is 5.32 Å². The second-order valence-electron chi connectivity index (χ2n) is 5.86. The lowest BCUT2D eigenvalue weighted by Gasteiger charge is -2.09. The predicted molar refractivity (Wildman–Crippen MR) is 71.9 cm³/mol. The number of nitrogens with one attached hydrogen (secondary N) is 1. The zero-order chi connectivity index (χ0) is 12.3. The van der Waals surface area contributed by atoms with Crippen molar-refractivity contribution >= 4 is 27.7 Å². The topological polar surface area (TPSA) is 42.0 Å². The fraction of sp³-hybridized carbons (Fsp3) is 0.571. The van der Waals surface area contributed by atoms with E-state index in [1.807, 2.05) is 12.1 Å². The SMILES string of the molecule is O=C(Nc1cc(Br)ccn1)C1C2C3CCC(C3)C12. The van der Waals surface area contributed by atoms with Gasteiger partial charge in [-0.3, -0.25) is 4.79 Å². The maximum Gasteiger partial charge on any atom is 0.229 e. The first-order chi connectivity index (χ1) is 8.74. The Hall–Kier alpha value is -0.900. The van der Waals surface area contributed by atoms with Gasteiger partial charge in [-0.05, 0) is 55.1 Å². The Morgan fingerprint density at radius 1 is 1.33 bits per heavy atom. The third-order valence-corrected chi connectivity index (χ3v) is 5.50. The molecular formula is C14H15BrN2O. The van der Waals surface area contributed by atoms with Gasteiger partial charge in [-0.1, -0.05) is 15.9 Å². The van der Waals surface area contributed by atoms with E-state index >= 15 is 0 Å². The number of nitrogens with zero attached hydrogens (tertiary/aromatic N) is 1. The molecule has 3 aliphatic rings. The normalized spacial score (nSPS) is 39.5. The van der Waals surface area contributed by atoms with Crippen molar-refractivity contribution in [3.05, 3.63) is 22.8 Å². The van der Waals surface area contributed by atoms with Gasteiger partial charge in [0, 0.05) is 16.6 Å². The van der Waals surface area contributed by atoms with Crippen LogP contribution in [0.5, 0.6) is 0 Å². The zero-order valence-electron chi connectivity index (χ0n) is 9.97. The highest BCUT2D eigenvalue weighted by atomic mass is 79.9. The van der Waals surface area contributed by atoms with E-state index in [0.717, 1.165) is 16.3 Å². The van der Waals surface area contributed by atoms with Crippen molar-refractivity contribution in [2.45, 2.75) is 19.3 Å². The van der Waals surface area contributed by atoms with Crippen molar-refractivity contribution in [2.24, 2.45) is 29.6 Å². The summed E-state index contributed by atoms with van der Waals surface area (Å²) in [5.41, 5.74) is 0. The van der Waals surface area contributed by atoms with Crippen LogP contribution in [0.25, 0.3) is 0 Å². The monoisotopic (exact) mass is 306 g/mol. The fourth-order valence-electron chi connectivity index (χ4n) is 4.36. The number of carbonyl (C=O) groups is 1. The number of anilines is 1. The summed E-state index contributed by atoms with van der Waals surface area (Å²) in [6.45, 7) is 0. The minimum atomic E-state index is 0.187. The lowest BCUT2D eigenvalue weighted by atomic mass is 10.0. The molecule has 4 atom stereocenters. The lowest BCUT2D eigenvalue weighted by molar-refractivity contribution is -0.118. The largest absolute Gasteiger partial charge is 0.310 e. The summed E-state index contributed by atoms with van der Waals surface area (Å²) < 4.78 is 0.948.